The van der Waals surface area contributed by atoms with E-state index in [1.807, 2.05) is 4.98 Å². The second-order valence-electron chi connectivity index (χ2n) is 2.86. The van der Waals surface area contributed by atoms with Crippen LogP contribution in [0, 0.1) is 22.7 Å². The number of imidazole rings is 1. The zero-order valence-corrected chi connectivity index (χ0v) is 12.8. The molecule has 0 spiro atoms. The number of hydrogen-bond donors (Lipinski definition) is 1. The van der Waals surface area contributed by atoms with Crippen molar-refractivity contribution in [2.45, 2.75) is 11.3 Å². The third-order valence-corrected chi connectivity index (χ3v) is 3.04. The molecule has 0 aliphatic carbocycles. The van der Waals surface area contributed by atoms with E-state index in [1.54, 1.807) is 0 Å². The van der Waals surface area contributed by atoms with Gasteiger partial charge in [-0.25, -0.2) is 13.4 Å². The van der Waals surface area contributed by atoms with E-state index < -0.39 is 38.3 Å². The van der Waals surface area contributed by atoms with Crippen molar-refractivity contribution in [3.05, 3.63) is 11.4 Å². The molecule has 0 aromatic carbocycles. The van der Waals surface area contributed by atoms with Gasteiger partial charge in [0.25, 0.3) is 0 Å². The number of halogens is 3. The van der Waals surface area contributed by atoms with Gasteiger partial charge in [-0.15, -0.1) is 0 Å². The van der Waals surface area contributed by atoms with E-state index >= 15 is 0 Å². The number of nitrogens with one attached hydrogen (secondary N) is 1. The Hall–Kier alpha value is -0.434. The summed E-state index contributed by atoms with van der Waals surface area (Å²) in [6, 6.07) is 2.81. The molecule has 1 aromatic rings. The van der Waals surface area contributed by atoms with Crippen LogP contribution in [-0.4, -0.2) is 30.3 Å². The van der Waals surface area contributed by atoms with Crippen LogP contribution in [0.4, 0.5) is 13.2 Å². The number of H-pyrrole nitrogens is 1. The summed E-state index contributed by atoms with van der Waals surface area (Å²) in [7, 11) is -4.73. The minimum absolute atomic E-state index is 0. The molecule has 0 bridgehead atoms. The molecule has 0 radical (unpaired) electrons. The molecule has 1 N–H and O–H groups in total. The molecule has 0 amide bonds. The fourth-order valence-corrected chi connectivity index (χ4v) is 2.00. The van der Waals surface area contributed by atoms with Gasteiger partial charge in [0.2, 0.25) is 15.0 Å². The van der Waals surface area contributed by atoms with E-state index in [9.17, 15) is 21.6 Å². The van der Waals surface area contributed by atoms with Gasteiger partial charge < -0.3 is 6.41 Å². The number of aromatic amines is 1. The van der Waals surface area contributed by atoms with Crippen LogP contribution in [0.3, 0.4) is 0 Å². The summed E-state index contributed by atoms with van der Waals surface area (Å²) in [5.74, 6) is -2.11. The molecule has 0 aliphatic heterocycles. The molecule has 6 nitrogen and oxygen atoms in total. The number of sulfone groups is 1. The van der Waals surface area contributed by atoms with Gasteiger partial charge in [-0.1, -0.05) is 0 Å². The van der Waals surface area contributed by atoms with E-state index in [-0.39, 0.29) is 52.8 Å². The van der Waals surface area contributed by atoms with Crippen LogP contribution in [0.2, 0.25) is 0 Å². The summed E-state index contributed by atoms with van der Waals surface area (Å²) in [4.78, 5) is 4.99. The molecule has 0 saturated heterocycles. The van der Waals surface area contributed by atoms with Crippen molar-refractivity contribution in [2.75, 3.05) is 5.75 Å². The maximum absolute atomic E-state index is 12.0. The van der Waals surface area contributed by atoms with E-state index in [0.29, 0.717) is 0 Å². The number of nitriles is 2. The van der Waals surface area contributed by atoms with Crippen molar-refractivity contribution in [1.82, 2.24) is 9.97 Å². The van der Waals surface area contributed by atoms with Crippen molar-refractivity contribution >= 4 is 9.84 Å². The van der Waals surface area contributed by atoms with E-state index in [0.717, 1.165) is 0 Å². The molecular weight excluding hydrogens is 300 g/mol. The van der Waals surface area contributed by atoms with Gasteiger partial charge >= 0.3 is 57.6 Å². The van der Waals surface area contributed by atoms with Gasteiger partial charge in [0.1, 0.15) is 12.1 Å². The predicted molar refractivity (Wildman–Crippen MR) is 47.2 cm³/mol. The SMILES string of the molecule is N#Cc1nc(S(=O)(=O)CC(F)(F)F)[nH]c1C#N.[H-].[K+]. The van der Waals surface area contributed by atoms with Gasteiger partial charge in [0.05, 0.1) is 0 Å². The van der Waals surface area contributed by atoms with Crippen molar-refractivity contribution < 1.29 is 74.4 Å². The fraction of sp³-hybridized carbons (Fsp3) is 0.286. The number of aromatic nitrogens is 2. The van der Waals surface area contributed by atoms with Crippen LogP contribution in [0.15, 0.2) is 5.16 Å². The van der Waals surface area contributed by atoms with Crippen molar-refractivity contribution in [2.24, 2.45) is 0 Å². The second kappa shape index (κ2) is 6.14. The van der Waals surface area contributed by atoms with E-state index in [2.05, 4.69) is 4.98 Å². The minimum Gasteiger partial charge on any atom is -1.00 e. The first-order valence-electron chi connectivity index (χ1n) is 3.89. The van der Waals surface area contributed by atoms with Gasteiger partial charge in [-0.05, 0) is 0 Å². The molecule has 0 atom stereocenters. The van der Waals surface area contributed by atoms with Crippen LogP contribution in [-0.2, 0) is 9.84 Å². The third-order valence-electron chi connectivity index (χ3n) is 1.55. The summed E-state index contributed by atoms with van der Waals surface area (Å²) in [6.45, 7) is 0. The molecule has 11 heteroatoms. The van der Waals surface area contributed by atoms with E-state index in [4.69, 9.17) is 10.5 Å². The second-order valence-corrected chi connectivity index (χ2v) is 4.77. The van der Waals surface area contributed by atoms with Gasteiger partial charge in [-0.3, -0.25) is 0 Å². The predicted octanol–water partition coefficient (Wildman–Crippen LogP) is -2.39. The minimum atomic E-state index is -4.93. The maximum Gasteiger partial charge on any atom is 1.00 e. The molecule has 18 heavy (non-hydrogen) atoms. The normalized spacial score (nSPS) is 11.2. The van der Waals surface area contributed by atoms with Crippen molar-refractivity contribution in [1.29, 1.82) is 10.5 Å². The molecule has 1 heterocycles. The molecule has 0 saturated carbocycles. The van der Waals surface area contributed by atoms with Gasteiger partial charge in [0.15, 0.2) is 17.1 Å². The Morgan fingerprint density at radius 3 is 2.22 bits per heavy atom. The number of alkyl halides is 3. The Morgan fingerprint density at radius 2 is 1.89 bits per heavy atom. The number of hydrogen-bond acceptors (Lipinski definition) is 5. The summed E-state index contributed by atoms with van der Waals surface area (Å²) < 4.78 is 58.3. The Morgan fingerprint density at radius 1 is 1.33 bits per heavy atom. The van der Waals surface area contributed by atoms with Crippen LogP contribution >= 0.6 is 0 Å². The van der Waals surface area contributed by atoms with Crippen molar-refractivity contribution in [3.8, 4) is 12.1 Å². The monoisotopic (exact) mass is 304 g/mol. The number of nitrogens with zero attached hydrogens (tertiary/aromatic N) is 3. The molecule has 1 rings (SSSR count). The Labute approximate surface area is 144 Å². The molecule has 0 fully saturated rings. The van der Waals surface area contributed by atoms with Crippen LogP contribution in [0.1, 0.15) is 12.8 Å². The van der Waals surface area contributed by atoms with Crippen LogP contribution in [0.25, 0.3) is 0 Å². The Bertz CT molecular complexity index is 597. The first-order valence-corrected chi connectivity index (χ1v) is 5.54. The smallest absolute Gasteiger partial charge is 1.00 e. The molecule has 0 unspecified atom stereocenters. The molecular formula is C7H4F3KN4O2S. The summed E-state index contributed by atoms with van der Waals surface area (Å²) in [5, 5.41) is 15.9. The maximum atomic E-state index is 12.0. The molecule has 92 valence electrons. The molecule has 0 aliphatic rings. The standard InChI is InChI=1S/C7H3F3N4O2S.K.H/c8-7(9,10)3-17(15,16)6-13-4(1-11)5(2-12)14-6;;/h3H2,(H,13,14);;/q;+1;-1. The molecule has 1 aromatic heterocycles. The summed E-state index contributed by atoms with van der Waals surface area (Å²) in [5.41, 5.74) is -1.05. The average molecular weight is 304 g/mol. The zero-order valence-electron chi connectivity index (χ0n) is 9.91. The average Bonchev–Trinajstić information content (AvgIpc) is 2.57. The Balaban J connectivity index is 0. The third kappa shape index (κ3) is 4.35. The number of rotatable bonds is 2. The van der Waals surface area contributed by atoms with Crippen LogP contribution < -0.4 is 51.4 Å². The van der Waals surface area contributed by atoms with Crippen LogP contribution in [0.5, 0.6) is 0 Å². The Kier molecular flexibility index (Phi) is 5.99. The van der Waals surface area contributed by atoms with Gasteiger partial charge in [-0.2, -0.15) is 23.7 Å². The fourth-order valence-electron chi connectivity index (χ4n) is 0.944. The largest absolute Gasteiger partial charge is 1.00 e. The summed E-state index contributed by atoms with van der Waals surface area (Å²) in [6.07, 6.45) is -4.93. The van der Waals surface area contributed by atoms with E-state index in [1.165, 1.54) is 12.1 Å². The summed E-state index contributed by atoms with van der Waals surface area (Å²) >= 11 is 0. The van der Waals surface area contributed by atoms with Gasteiger partial charge in [0, 0.05) is 0 Å². The first-order chi connectivity index (χ1) is 7.69. The topological polar surface area (TPSA) is 110 Å². The zero-order chi connectivity index (χ0) is 13.3. The first kappa shape index (κ1) is 17.6. The quantitative estimate of drug-likeness (QED) is 0.613. The van der Waals surface area contributed by atoms with Crippen molar-refractivity contribution in [3.63, 3.8) is 0 Å².